The van der Waals surface area contributed by atoms with E-state index in [0.29, 0.717) is 0 Å². The van der Waals surface area contributed by atoms with Gasteiger partial charge < -0.3 is 5.32 Å². The van der Waals surface area contributed by atoms with Crippen LogP contribution in [0, 0.1) is 6.92 Å². The molecule has 2 rings (SSSR count). The Morgan fingerprint density at radius 1 is 1.47 bits per heavy atom. The van der Waals surface area contributed by atoms with E-state index in [1.54, 1.807) is 11.8 Å². The highest BCUT2D eigenvalue weighted by molar-refractivity contribution is 7.98. The SMILES string of the molecule is CCCNc1snnc1CSc1n[nH]c(C)n1. The second-order valence-electron chi connectivity index (χ2n) is 3.47. The van der Waals surface area contributed by atoms with E-state index < -0.39 is 0 Å². The average molecular weight is 270 g/mol. The normalized spacial score (nSPS) is 10.7. The number of anilines is 1. The fourth-order valence-corrected chi connectivity index (χ4v) is 2.67. The van der Waals surface area contributed by atoms with E-state index >= 15 is 0 Å². The molecular weight excluding hydrogens is 256 g/mol. The van der Waals surface area contributed by atoms with E-state index in [-0.39, 0.29) is 0 Å². The van der Waals surface area contributed by atoms with Crippen LogP contribution in [0.3, 0.4) is 0 Å². The summed E-state index contributed by atoms with van der Waals surface area (Å²) in [7, 11) is 0. The van der Waals surface area contributed by atoms with Gasteiger partial charge in [0, 0.05) is 23.8 Å². The third-order valence-corrected chi connectivity index (χ3v) is 3.59. The Morgan fingerprint density at radius 2 is 2.35 bits per heavy atom. The molecule has 0 radical (unpaired) electrons. The molecule has 0 aromatic carbocycles. The van der Waals surface area contributed by atoms with Gasteiger partial charge in [-0.15, -0.1) is 10.2 Å². The molecule has 0 amide bonds. The highest BCUT2D eigenvalue weighted by atomic mass is 32.2. The third kappa shape index (κ3) is 3.40. The van der Waals surface area contributed by atoms with Crippen LogP contribution in [0.25, 0.3) is 0 Å². The van der Waals surface area contributed by atoms with Crippen LogP contribution in [0.15, 0.2) is 5.16 Å². The van der Waals surface area contributed by atoms with Crippen LogP contribution in [0.5, 0.6) is 0 Å². The predicted octanol–water partition coefficient (Wildman–Crippen LogP) is 2.08. The van der Waals surface area contributed by atoms with Gasteiger partial charge in [0.15, 0.2) is 0 Å². The molecule has 6 nitrogen and oxygen atoms in total. The van der Waals surface area contributed by atoms with Gasteiger partial charge in [0.05, 0.1) is 0 Å². The lowest BCUT2D eigenvalue weighted by Gasteiger charge is -2.01. The fraction of sp³-hybridized carbons (Fsp3) is 0.556. The smallest absolute Gasteiger partial charge is 0.208 e. The molecule has 0 atom stereocenters. The number of nitrogens with zero attached hydrogens (tertiary/aromatic N) is 4. The topological polar surface area (TPSA) is 79.4 Å². The van der Waals surface area contributed by atoms with Crippen LogP contribution in [-0.4, -0.2) is 31.3 Å². The summed E-state index contributed by atoms with van der Waals surface area (Å²) in [5.41, 5.74) is 0.968. The van der Waals surface area contributed by atoms with E-state index in [4.69, 9.17) is 0 Å². The number of hydrogen-bond donors (Lipinski definition) is 2. The molecule has 0 bridgehead atoms. The Balaban J connectivity index is 1.92. The van der Waals surface area contributed by atoms with Crippen molar-refractivity contribution >= 4 is 28.3 Å². The maximum Gasteiger partial charge on any atom is 0.208 e. The number of aryl methyl sites for hydroxylation is 1. The zero-order valence-electron chi connectivity index (χ0n) is 9.73. The van der Waals surface area contributed by atoms with E-state index in [1.165, 1.54) is 11.5 Å². The van der Waals surface area contributed by atoms with Gasteiger partial charge in [-0.05, 0) is 13.3 Å². The number of hydrogen-bond acceptors (Lipinski definition) is 7. The van der Waals surface area contributed by atoms with Crippen molar-refractivity contribution in [3.05, 3.63) is 11.5 Å². The first-order chi connectivity index (χ1) is 8.29. The number of rotatable bonds is 6. The average Bonchev–Trinajstić information content (AvgIpc) is 2.92. The van der Waals surface area contributed by atoms with Crippen molar-refractivity contribution in [3.63, 3.8) is 0 Å². The van der Waals surface area contributed by atoms with Gasteiger partial charge in [0.25, 0.3) is 0 Å². The van der Waals surface area contributed by atoms with Gasteiger partial charge in [0.1, 0.15) is 16.5 Å². The lowest BCUT2D eigenvalue weighted by molar-refractivity contribution is 0.963. The predicted molar refractivity (Wildman–Crippen MR) is 69.4 cm³/mol. The number of nitrogens with one attached hydrogen (secondary N) is 2. The Kier molecular flexibility index (Phi) is 4.32. The van der Waals surface area contributed by atoms with Gasteiger partial charge in [0.2, 0.25) is 5.16 Å². The molecular formula is C9H14N6S2. The summed E-state index contributed by atoms with van der Waals surface area (Å²) < 4.78 is 3.96. The Bertz CT molecular complexity index is 466. The number of aromatic amines is 1. The van der Waals surface area contributed by atoms with Gasteiger partial charge in [-0.1, -0.05) is 23.2 Å². The van der Waals surface area contributed by atoms with Crippen LogP contribution in [-0.2, 0) is 5.75 Å². The zero-order valence-corrected chi connectivity index (χ0v) is 11.4. The molecule has 2 N–H and O–H groups in total. The van der Waals surface area contributed by atoms with Gasteiger partial charge in [-0.2, -0.15) is 0 Å². The molecule has 2 aromatic rings. The first kappa shape index (κ1) is 12.3. The molecule has 0 fully saturated rings. The third-order valence-electron chi connectivity index (χ3n) is 2.01. The number of H-pyrrole nitrogens is 1. The summed E-state index contributed by atoms with van der Waals surface area (Å²) in [5.74, 6) is 1.56. The molecule has 0 unspecified atom stereocenters. The van der Waals surface area contributed by atoms with E-state index in [9.17, 15) is 0 Å². The Morgan fingerprint density at radius 3 is 3.06 bits per heavy atom. The molecule has 17 heavy (non-hydrogen) atoms. The highest BCUT2D eigenvalue weighted by Crippen LogP contribution is 2.25. The molecule has 92 valence electrons. The quantitative estimate of drug-likeness (QED) is 0.782. The fourth-order valence-electron chi connectivity index (χ4n) is 1.20. The standard InChI is InChI=1S/C9H14N6S2/c1-3-4-10-8-7(13-15-17-8)5-16-9-11-6(2)12-14-9/h10H,3-5H2,1-2H3,(H,11,12,14). The Hall–Kier alpha value is -1.15. The van der Waals surface area contributed by atoms with Crippen molar-refractivity contribution in [2.75, 3.05) is 11.9 Å². The summed E-state index contributed by atoms with van der Waals surface area (Å²) in [6.45, 7) is 4.96. The van der Waals surface area contributed by atoms with Crippen molar-refractivity contribution < 1.29 is 0 Å². The van der Waals surface area contributed by atoms with Crippen molar-refractivity contribution in [1.82, 2.24) is 24.8 Å². The zero-order chi connectivity index (χ0) is 12.1. The molecule has 0 aliphatic heterocycles. The minimum Gasteiger partial charge on any atom is -0.374 e. The van der Waals surface area contributed by atoms with E-state index in [2.05, 4.69) is 37.0 Å². The molecule has 0 saturated carbocycles. The van der Waals surface area contributed by atoms with Gasteiger partial charge in [-0.3, -0.25) is 5.10 Å². The van der Waals surface area contributed by atoms with Crippen molar-refractivity contribution in [2.45, 2.75) is 31.2 Å². The lowest BCUT2D eigenvalue weighted by atomic mass is 10.4. The lowest BCUT2D eigenvalue weighted by Crippen LogP contribution is -2.00. The van der Waals surface area contributed by atoms with E-state index in [0.717, 1.165) is 40.4 Å². The summed E-state index contributed by atoms with van der Waals surface area (Å²) in [6, 6.07) is 0. The summed E-state index contributed by atoms with van der Waals surface area (Å²) in [4.78, 5) is 4.23. The second kappa shape index (κ2) is 5.97. The van der Waals surface area contributed by atoms with Gasteiger partial charge >= 0.3 is 0 Å². The summed E-state index contributed by atoms with van der Waals surface area (Å²) in [5, 5.41) is 16.1. The number of thioether (sulfide) groups is 1. The monoisotopic (exact) mass is 270 g/mol. The first-order valence-electron chi connectivity index (χ1n) is 5.36. The molecule has 0 spiro atoms. The minimum absolute atomic E-state index is 0.736. The molecule has 2 aromatic heterocycles. The van der Waals surface area contributed by atoms with Gasteiger partial charge in [-0.25, -0.2) is 4.98 Å². The van der Waals surface area contributed by atoms with Crippen molar-refractivity contribution in [3.8, 4) is 0 Å². The molecule has 0 aliphatic rings. The van der Waals surface area contributed by atoms with E-state index in [1.807, 2.05) is 6.92 Å². The summed E-state index contributed by atoms with van der Waals surface area (Å²) in [6.07, 6.45) is 1.09. The first-order valence-corrected chi connectivity index (χ1v) is 7.12. The Labute approximate surface area is 108 Å². The highest BCUT2D eigenvalue weighted by Gasteiger charge is 2.09. The minimum atomic E-state index is 0.736. The molecule has 0 aliphatic carbocycles. The largest absolute Gasteiger partial charge is 0.374 e. The van der Waals surface area contributed by atoms with Crippen LogP contribution >= 0.6 is 23.3 Å². The maximum absolute atomic E-state index is 4.23. The van der Waals surface area contributed by atoms with Crippen LogP contribution in [0.4, 0.5) is 5.00 Å². The molecule has 2 heterocycles. The number of aromatic nitrogens is 5. The van der Waals surface area contributed by atoms with Crippen molar-refractivity contribution in [2.24, 2.45) is 0 Å². The maximum atomic E-state index is 4.23. The van der Waals surface area contributed by atoms with Crippen LogP contribution in [0.2, 0.25) is 0 Å². The summed E-state index contributed by atoms with van der Waals surface area (Å²) >= 11 is 2.95. The second-order valence-corrected chi connectivity index (χ2v) is 5.16. The van der Waals surface area contributed by atoms with Crippen molar-refractivity contribution in [1.29, 1.82) is 0 Å². The molecule has 0 saturated heterocycles. The van der Waals surface area contributed by atoms with Crippen LogP contribution in [0.1, 0.15) is 24.9 Å². The molecule has 8 heteroatoms. The van der Waals surface area contributed by atoms with Crippen LogP contribution < -0.4 is 5.32 Å².